The van der Waals surface area contributed by atoms with Gasteiger partial charge in [-0.05, 0) is 32.3 Å². The van der Waals surface area contributed by atoms with Crippen molar-refractivity contribution in [2.45, 2.75) is 51.4 Å². The third kappa shape index (κ3) is 6.21. The lowest BCUT2D eigenvalue weighted by molar-refractivity contribution is -0.119. The standard InChI is InChI=1S/C21H33NO5S/c1-4-5-6-13-28(24,25)15-20(23)22-16-21(9-11-27-12-10-21)18-14-17(2)7-8-19(18)26-3/h7-8,14H,4-6,9-13,15-16H2,1-3H3,(H,22,23). The highest BCUT2D eigenvalue weighted by molar-refractivity contribution is 7.92. The van der Waals surface area contributed by atoms with E-state index in [1.54, 1.807) is 7.11 Å². The number of nitrogens with one attached hydrogen (secondary N) is 1. The summed E-state index contributed by atoms with van der Waals surface area (Å²) in [6.07, 6.45) is 3.91. The molecule has 1 N–H and O–H groups in total. The van der Waals surface area contributed by atoms with Gasteiger partial charge in [0.05, 0.1) is 12.9 Å². The van der Waals surface area contributed by atoms with Crippen LogP contribution in [-0.2, 0) is 24.8 Å². The van der Waals surface area contributed by atoms with E-state index < -0.39 is 21.5 Å². The number of hydrogen-bond donors (Lipinski definition) is 1. The summed E-state index contributed by atoms with van der Waals surface area (Å²) >= 11 is 0. The molecular weight excluding hydrogens is 378 g/mol. The van der Waals surface area contributed by atoms with Gasteiger partial charge in [-0.25, -0.2) is 8.42 Å². The van der Waals surface area contributed by atoms with Crippen LogP contribution in [0.5, 0.6) is 5.75 Å². The number of ether oxygens (including phenoxy) is 2. The molecule has 0 spiro atoms. The number of rotatable bonds is 10. The van der Waals surface area contributed by atoms with Gasteiger partial charge in [-0.1, -0.05) is 37.5 Å². The van der Waals surface area contributed by atoms with Gasteiger partial charge in [0.2, 0.25) is 5.91 Å². The number of unbranched alkanes of at least 4 members (excludes halogenated alkanes) is 2. The molecule has 1 heterocycles. The molecule has 1 amide bonds. The Bertz CT molecular complexity index is 754. The zero-order valence-corrected chi connectivity index (χ0v) is 18.1. The van der Waals surface area contributed by atoms with Gasteiger partial charge in [-0.2, -0.15) is 0 Å². The second-order valence-electron chi connectivity index (χ2n) is 7.67. The van der Waals surface area contributed by atoms with Crippen LogP contribution < -0.4 is 10.1 Å². The van der Waals surface area contributed by atoms with Crippen molar-refractivity contribution >= 4 is 15.7 Å². The van der Waals surface area contributed by atoms with Crippen molar-refractivity contribution in [3.8, 4) is 5.75 Å². The van der Waals surface area contributed by atoms with Gasteiger partial charge in [0.25, 0.3) is 0 Å². The van der Waals surface area contributed by atoms with Crippen LogP contribution in [0.4, 0.5) is 0 Å². The van der Waals surface area contributed by atoms with Crippen LogP contribution >= 0.6 is 0 Å². The highest BCUT2D eigenvalue weighted by Gasteiger charge is 2.37. The SMILES string of the molecule is CCCCCS(=O)(=O)CC(=O)NCC1(c2cc(C)ccc2OC)CCOCC1. The van der Waals surface area contributed by atoms with Crippen LogP contribution in [0.25, 0.3) is 0 Å². The number of carbonyl (C=O) groups excluding carboxylic acids is 1. The van der Waals surface area contributed by atoms with E-state index in [0.29, 0.717) is 26.2 Å². The lowest BCUT2D eigenvalue weighted by Crippen LogP contribution is -2.46. The Balaban J connectivity index is 2.11. The molecule has 6 nitrogen and oxygen atoms in total. The summed E-state index contributed by atoms with van der Waals surface area (Å²) in [5, 5.41) is 2.88. The molecule has 158 valence electrons. The molecule has 0 unspecified atom stereocenters. The van der Waals surface area contributed by atoms with E-state index in [0.717, 1.165) is 42.6 Å². The van der Waals surface area contributed by atoms with Crippen molar-refractivity contribution in [1.29, 1.82) is 0 Å². The molecule has 0 radical (unpaired) electrons. The number of carbonyl (C=O) groups is 1. The molecule has 1 saturated heterocycles. The first-order valence-corrected chi connectivity index (χ1v) is 11.8. The van der Waals surface area contributed by atoms with Crippen LogP contribution in [0.3, 0.4) is 0 Å². The molecule has 0 bridgehead atoms. The maximum absolute atomic E-state index is 12.4. The van der Waals surface area contributed by atoms with Gasteiger partial charge < -0.3 is 14.8 Å². The summed E-state index contributed by atoms with van der Waals surface area (Å²) in [6.45, 7) is 5.62. The van der Waals surface area contributed by atoms with Crippen LogP contribution in [-0.4, -0.2) is 52.7 Å². The Morgan fingerprint density at radius 3 is 2.61 bits per heavy atom. The molecule has 0 atom stereocenters. The average molecular weight is 412 g/mol. The van der Waals surface area contributed by atoms with Crippen LogP contribution in [0.1, 0.15) is 50.2 Å². The number of benzene rings is 1. The minimum Gasteiger partial charge on any atom is -0.496 e. The predicted molar refractivity (Wildman–Crippen MR) is 111 cm³/mol. The maximum atomic E-state index is 12.4. The van der Waals surface area contributed by atoms with Gasteiger partial charge in [0, 0.05) is 30.7 Å². The van der Waals surface area contributed by atoms with E-state index in [-0.39, 0.29) is 11.2 Å². The Morgan fingerprint density at radius 2 is 1.96 bits per heavy atom. The molecule has 1 aliphatic heterocycles. The van der Waals surface area contributed by atoms with E-state index in [1.807, 2.05) is 26.0 Å². The topological polar surface area (TPSA) is 81.7 Å². The third-order valence-electron chi connectivity index (χ3n) is 5.41. The maximum Gasteiger partial charge on any atom is 0.235 e. The molecule has 0 aromatic heterocycles. The fourth-order valence-corrected chi connectivity index (χ4v) is 4.99. The molecule has 1 aromatic rings. The van der Waals surface area contributed by atoms with Crippen molar-refractivity contribution in [1.82, 2.24) is 5.32 Å². The average Bonchev–Trinajstić information content (AvgIpc) is 2.67. The second-order valence-corrected chi connectivity index (χ2v) is 9.86. The Kier molecular flexibility index (Phi) is 8.31. The Morgan fingerprint density at radius 1 is 1.25 bits per heavy atom. The molecule has 2 rings (SSSR count). The van der Waals surface area contributed by atoms with Crippen molar-refractivity contribution in [3.63, 3.8) is 0 Å². The van der Waals surface area contributed by atoms with Crippen molar-refractivity contribution in [2.75, 3.05) is 38.4 Å². The molecule has 0 saturated carbocycles. The smallest absolute Gasteiger partial charge is 0.235 e. The Hall–Kier alpha value is -1.60. The fraction of sp³-hybridized carbons (Fsp3) is 0.667. The summed E-state index contributed by atoms with van der Waals surface area (Å²) in [7, 11) is -1.73. The van der Waals surface area contributed by atoms with E-state index in [4.69, 9.17) is 9.47 Å². The minimum absolute atomic E-state index is 0.0684. The van der Waals surface area contributed by atoms with Gasteiger partial charge in [-0.15, -0.1) is 0 Å². The Labute approximate surface area is 168 Å². The van der Waals surface area contributed by atoms with Crippen LogP contribution in [0, 0.1) is 6.92 Å². The molecule has 0 aliphatic carbocycles. The summed E-state index contributed by atoms with van der Waals surface area (Å²) in [5.41, 5.74) is 1.84. The van der Waals surface area contributed by atoms with Crippen molar-refractivity contribution in [3.05, 3.63) is 29.3 Å². The number of sulfone groups is 1. The van der Waals surface area contributed by atoms with Gasteiger partial charge in [0.1, 0.15) is 11.5 Å². The van der Waals surface area contributed by atoms with Gasteiger partial charge >= 0.3 is 0 Å². The predicted octanol–water partition coefficient (Wildman–Crippen LogP) is 2.77. The zero-order chi connectivity index (χ0) is 20.6. The zero-order valence-electron chi connectivity index (χ0n) is 17.3. The van der Waals surface area contributed by atoms with E-state index >= 15 is 0 Å². The quantitative estimate of drug-likeness (QED) is 0.599. The monoisotopic (exact) mass is 411 g/mol. The van der Waals surface area contributed by atoms with E-state index in [2.05, 4.69) is 11.4 Å². The molecule has 1 aromatic carbocycles. The lowest BCUT2D eigenvalue weighted by Gasteiger charge is -2.38. The molecule has 1 aliphatic rings. The highest BCUT2D eigenvalue weighted by atomic mass is 32.2. The third-order valence-corrected chi connectivity index (χ3v) is 7.02. The summed E-state index contributed by atoms with van der Waals surface area (Å²) in [4.78, 5) is 12.4. The first-order valence-electron chi connectivity index (χ1n) is 10.0. The minimum atomic E-state index is -3.37. The summed E-state index contributed by atoms with van der Waals surface area (Å²) < 4.78 is 35.4. The van der Waals surface area contributed by atoms with Crippen molar-refractivity contribution < 1.29 is 22.7 Å². The van der Waals surface area contributed by atoms with Crippen LogP contribution in [0.2, 0.25) is 0 Å². The van der Waals surface area contributed by atoms with Crippen molar-refractivity contribution in [2.24, 2.45) is 0 Å². The summed E-state index contributed by atoms with van der Waals surface area (Å²) in [5.74, 6) is -0.0318. The molecule has 28 heavy (non-hydrogen) atoms. The van der Waals surface area contributed by atoms with E-state index in [1.165, 1.54) is 0 Å². The summed E-state index contributed by atoms with van der Waals surface area (Å²) in [6, 6.07) is 6.04. The first kappa shape index (κ1) is 22.7. The van der Waals surface area contributed by atoms with Crippen LogP contribution in [0.15, 0.2) is 18.2 Å². The number of hydrogen-bond acceptors (Lipinski definition) is 5. The van der Waals surface area contributed by atoms with Gasteiger partial charge in [0.15, 0.2) is 9.84 Å². The van der Waals surface area contributed by atoms with Gasteiger partial charge in [-0.3, -0.25) is 4.79 Å². The number of amides is 1. The largest absolute Gasteiger partial charge is 0.496 e. The second kappa shape index (κ2) is 10.3. The first-order chi connectivity index (χ1) is 13.3. The van der Waals surface area contributed by atoms with E-state index in [9.17, 15) is 13.2 Å². The number of methoxy groups -OCH3 is 1. The fourth-order valence-electron chi connectivity index (χ4n) is 3.70. The number of aryl methyl sites for hydroxylation is 1. The highest BCUT2D eigenvalue weighted by Crippen LogP contribution is 2.40. The normalized spacial score (nSPS) is 16.5. The lowest BCUT2D eigenvalue weighted by atomic mass is 9.73. The molecule has 7 heteroatoms. The molecular formula is C21H33NO5S. The molecule has 1 fully saturated rings.